The molecule has 26 heavy (non-hydrogen) atoms. The lowest BCUT2D eigenvalue weighted by Crippen LogP contribution is -2.40. The van der Waals surface area contributed by atoms with Gasteiger partial charge in [0, 0.05) is 19.1 Å². The molecule has 1 saturated carbocycles. The van der Waals surface area contributed by atoms with Gasteiger partial charge in [0.25, 0.3) is 0 Å². The summed E-state index contributed by atoms with van der Waals surface area (Å²) in [7, 11) is 0. The summed E-state index contributed by atoms with van der Waals surface area (Å²) in [6, 6.07) is 6.95. The number of halogens is 1. The van der Waals surface area contributed by atoms with E-state index in [0.717, 1.165) is 38.8 Å². The lowest BCUT2D eigenvalue weighted by atomic mass is 10.1. The van der Waals surface area contributed by atoms with Crippen LogP contribution in [-0.2, 0) is 4.79 Å². The number of carbonyl (C=O) groups excluding carboxylic acids is 1. The number of piperidine rings is 1. The van der Waals surface area contributed by atoms with Crippen molar-refractivity contribution in [1.82, 2.24) is 19.7 Å². The summed E-state index contributed by atoms with van der Waals surface area (Å²) in [5, 5.41) is 9.05. The molecule has 1 aliphatic heterocycles. The van der Waals surface area contributed by atoms with Crippen LogP contribution >= 0.6 is 11.8 Å². The lowest BCUT2D eigenvalue weighted by Gasteiger charge is -2.28. The Morgan fingerprint density at radius 3 is 2.62 bits per heavy atom. The molecule has 2 aliphatic rings. The lowest BCUT2D eigenvalue weighted by molar-refractivity contribution is -0.131. The van der Waals surface area contributed by atoms with Gasteiger partial charge in [0.15, 0.2) is 11.0 Å². The van der Waals surface area contributed by atoms with Gasteiger partial charge >= 0.3 is 0 Å². The standard InChI is InChI=1S/C19H23FN4OS/c1-13(18(25)23-11-5-2-6-12-23)26-19-22-21-17(24(19)14-9-10-14)15-7-3-4-8-16(15)20/h3-4,7-8,13-14H,2,5-6,9-12H2,1H3. The Hall–Kier alpha value is -1.89. The molecule has 7 heteroatoms. The molecule has 1 aromatic heterocycles. The first-order valence-corrected chi connectivity index (χ1v) is 10.2. The maximum Gasteiger partial charge on any atom is 0.235 e. The quantitative estimate of drug-likeness (QED) is 0.745. The van der Waals surface area contributed by atoms with Crippen LogP contribution in [0.15, 0.2) is 29.4 Å². The average molecular weight is 374 g/mol. The largest absolute Gasteiger partial charge is 0.342 e. The molecule has 2 aromatic rings. The Bertz CT molecular complexity index is 799. The van der Waals surface area contributed by atoms with Crippen LogP contribution in [0.25, 0.3) is 11.4 Å². The summed E-state index contributed by atoms with van der Waals surface area (Å²) >= 11 is 1.44. The Morgan fingerprint density at radius 1 is 1.19 bits per heavy atom. The molecule has 1 saturated heterocycles. The van der Waals surface area contributed by atoms with E-state index >= 15 is 0 Å². The van der Waals surface area contributed by atoms with Crippen molar-refractivity contribution in [3.63, 3.8) is 0 Å². The van der Waals surface area contributed by atoms with Crippen LogP contribution in [0.4, 0.5) is 4.39 Å². The van der Waals surface area contributed by atoms with E-state index in [4.69, 9.17) is 0 Å². The number of hydrogen-bond donors (Lipinski definition) is 0. The Kier molecular flexibility index (Phi) is 4.98. The van der Waals surface area contributed by atoms with Gasteiger partial charge in [-0.3, -0.25) is 9.36 Å². The van der Waals surface area contributed by atoms with Crippen molar-refractivity contribution >= 4 is 17.7 Å². The first-order chi connectivity index (χ1) is 12.6. The van der Waals surface area contributed by atoms with E-state index in [1.807, 2.05) is 16.4 Å². The average Bonchev–Trinajstić information content (AvgIpc) is 3.43. The van der Waals surface area contributed by atoms with Gasteiger partial charge in [0.1, 0.15) is 5.82 Å². The summed E-state index contributed by atoms with van der Waals surface area (Å²) in [6.07, 6.45) is 5.45. The third kappa shape index (κ3) is 3.49. The number of benzene rings is 1. The predicted molar refractivity (Wildman–Crippen MR) is 99.4 cm³/mol. The molecule has 0 spiro atoms. The van der Waals surface area contributed by atoms with Gasteiger partial charge in [-0.1, -0.05) is 23.9 Å². The molecule has 2 fully saturated rings. The maximum atomic E-state index is 14.2. The number of amides is 1. The van der Waals surface area contributed by atoms with Crippen molar-refractivity contribution in [1.29, 1.82) is 0 Å². The van der Waals surface area contributed by atoms with E-state index in [-0.39, 0.29) is 17.0 Å². The van der Waals surface area contributed by atoms with E-state index < -0.39 is 0 Å². The van der Waals surface area contributed by atoms with Gasteiger partial charge < -0.3 is 4.90 Å². The number of carbonyl (C=O) groups is 1. The molecule has 1 unspecified atom stereocenters. The van der Waals surface area contributed by atoms with E-state index in [0.29, 0.717) is 22.6 Å². The minimum Gasteiger partial charge on any atom is -0.342 e. The topological polar surface area (TPSA) is 51.0 Å². The highest BCUT2D eigenvalue weighted by Gasteiger charge is 2.33. The van der Waals surface area contributed by atoms with Gasteiger partial charge in [0.2, 0.25) is 5.91 Å². The third-order valence-corrected chi connectivity index (χ3v) is 6.03. The maximum absolute atomic E-state index is 14.2. The zero-order chi connectivity index (χ0) is 18.1. The van der Waals surface area contributed by atoms with Crippen molar-refractivity contribution in [3.8, 4) is 11.4 Å². The highest BCUT2D eigenvalue weighted by Crippen LogP contribution is 2.42. The summed E-state index contributed by atoms with van der Waals surface area (Å²) in [4.78, 5) is 14.7. The van der Waals surface area contributed by atoms with Gasteiger partial charge in [-0.2, -0.15) is 0 Å². The molecule has 0 bridgehead atoms. The van der Waals surface area contributed by atoms with Crippen LogP contribution in [0.3, 0.4) is 0 Å². The minimum atomic E-state index is -0.296. The van der Waals surface area contributed by atoms with Crippen LogP contribution in [0.1, 0.15) is 45.1 Å². The zero-order valence-corrected chi connectivity index (χ0v) is 15.7. The molecule has 4 rings (SSSR count). The van der Waals surface area contributed by atoms with Crippen molar-refractivity contribution in [2.75, 3.05) is 13.1 Å². The number of likely N-dealkylation sites (tertiary alicyclic amines) is 1. The number of aromatic nitrogens is 3. The fraction of sp³-hybridized carbons (Fsp3) is 0.526. The number of rotatable bonds is 5. The van der Waals surface area contributed by atoms with E-state index in [1.165, 1.54) is 24.2 Å². The SMILES string of the molecule is CC(Sc1nnc(-c2ccccc2F)n1C1CC1)C(=O)N1CCCCC1. The molecule has 138 valence electrons. The fourth-order valence-electron chi connectivity index (χ4n) is 3.43. The van der Waals surface area contributed by atoms with E-state index in [2.05, 4.69) is 10.2 Å². The van der Waals surface area contributed by atoms with Crippen LogP contribution in [0.5, 0.6) is 0 Å². The first kappa shape index (κ1) is 17.5. The fourth-order valence-corrected chi connectivity index (χ4v) is 4.43. The Morgan fingerprint density at radius 2 is 1.92 bits per heavy atom. The van der Waals surface area contributed by atoms with Gasteiger partial charge in [-0.05, 0) is 51.2 Å². The molecule has 1 aliphatic carbocycles. The smallest absolute Gasteiger partial charge is 0.235 e. The van der Waals surface area contributed by atoms with E-state index in [1.54, 1.807) is 18.2 Å². The van der Waals surface area contributed by atoms with Crippen LogP contribution in [-0.4, -0.2) is 43.9 Å². The predicted octanol–water partition coefficient (Wildman–Crippen LogP) is 3.91. The molecule has 2 heterocycles. The minimum absolute atomic E-state index is 0.160. The Balaban J connectivity index is 1.57. The van der Waals surface area contributed by atoms with Crippen LogP contribution < -0.4 is 0 Å². The van der Waals surface area contributed by atoms with Crippen molar-refractivity contribution < 1.29 is 9.18 Å². The molecule has 5 nitrogen and oxygen atoms in total. The highest BCUT2D eigenvalue weighted by molar-refractivity contribution is 8.00. The van der Waals surface area contributed by atoms with E-state index in [9.17, 15) is 9.18 Å². The summed E-state index contributed by atoms with van der Waals surface area (Å²) < 4.78 is 16.3. The van der Waals surface area contributed by atoms with Gasteiger partial charge in [-0.15, -0.1) is 10.2 Å². The number of hydrogen-bond acceptors (Lipinski definition) is 4. The van der Waals surface area contributed by atoms with Crippen LogP contribution in [0.2, 0.25) is 0 Å². The van der Waals surface area contributed by atoms with Crippen molar-refractivity contribution in [2.24, 2.45) is 0 Å². The van der Waals surface area contributed by atoms with Crippen molar-refractivity contribution in [2.45, 2.75) is 55.5 Å². The molecular weight excluding hydrogens is 351 g/mol. The summed E-state index contributed by atoms with van der Waals surface area (Å²) in [5.41, 5.74) is 0.466. The Labute approximate surface area is 157 Å². The van der Waals surface area contributed by atoms with Gasteiger partial charge in [0.05, 0.1) is 10.8 Å². The zero-order valence-electron chi connectivity index (χ0n) is 14.9. The monoisotopic (exact) mass is 374 g/mol. The molecular formula is C19H23FN4OS. The van der Waals surface area contributed by atoms with Gasteiger partial charge in [-0.25, -0.2) is 4.39 Å². The number of nitrogens with zero attached hydrogens (tertiary/aromatic N) is 4. The normalized spacial score (nSPS) is 18.8. The molecule has 0 radical (unpaired) electrons. The second-order valence-electron chi connectivity index (χ2n) is 7.03. The molecule has 1 amide bonds. The van der Waals surface area contributed by atoms with Crippen LogP contribution in [0, 0.1) is 5.82 Å². The second kappa shape index (κ2) is 7.39. The first-order valence-electron chi connectivity index (χ1n) is 9.30. The summed E-state index contributed by atoms with van der Waals surface area (Å²) in [6.45, 7) is 3.62. The van der Waals surface area contributed by atoms with Crippen molar-refractivity contribution in [3.05, 3.63) is 30.1 Å². The molecule has 1 aromatic carbocycles. The third-order valence-electron chi connectivity index (χ3n) is 4.99. The summed E-state index contributed by atoms with van der Waals surface area (Å²) in [5.74, 6) is 0.425. The highest BCUT2D eigenvalue weighted by atomic mass is 32.2. The number of thioether (sulfide) groups is 1. The molecule has 0 N–H and O–H groups in total. The second-order valence-corrected chi connectivity index (χ2v) is 8.34. The molecule has 1 atom stereocenters.